The van der Waals surface area contributed by atoms with E-state index < -0.39 is 11.7 Å². The van der Waals surface area contributed by atoms with Gasteiger partial charge in [-0.05, 0) is 12.1 Å². The number of benzene rings is 2. The van der Waals surface area contributed by atoms with E-state index in [0.29, 0.717) is 0 Å². The van der Waals surface area contributed by atoms with E-state index in [2.05, 4.69) is 10.6 Å². The smallest absolute Gasteiger partial charge is 0.239 e. The van der Waals surface area contributed by atoms with Crippen molar-refractivity contribution < 1.29 is 19.2 Å². The van der Waals surface area contributed by atoms with Crippen molar-refractivity contribution in [2.24, 2.45) is 0 Å². The van der Waals surface area contributed by atoms with Gasteiger partial charge < -0.3 is 10.6 Å². The highest BCUT2D eigenvalue weighted by atomic mass is 35.5. The van der Waals surface area contributed by atoms with E-state index in [9.17, 15) is 19.2 Å². The number of halogens is 1. The van der Waals surface area contributed by atoms with Crippen LogP contribution < -0.4 is 10.6 Å². The monoisotopic (exact) mass is 370 g/mol. The molecule has 2 aromatic rings. The predicted molar refractivity (Wildman–Crippen MR) is 98.0 cm³/mol. The van der Waals surface area contributed by atoms with Gasteiger partial charge in [0.15, 0.2) is 11.6 Å². The van der Waals surface area contributed by atoms with Gasteiger partial charge in [0.1, 0.15) is 5.88 Å². The van der Waals surface area contributed by atoms with Crippen molar-refractivity contribution in [3.05, 3.63) is 58.7 Å². The first-order valence-electron chi connectivity index (χ1n) is 7.99. The summed E-state index contributed by atoms with van der Waals surface area (Å²) in [6.45, 7) is 1.69. The molecule has 26 heavy (non-hydrogen) atoms. The van der Waals surface area contributed by atoms with Crippen molar-refractivity contribution in [1.82, 2.24) is 0 Å². The van der Waals surface area contributed by atoms with Gasteiger partial charge in [0.2, 0.25) is 11.8 Å². The summed E-state index contributed by atoms with van der Waals surface area (Å²) in [5.74, 6) is -1.82. The molecule has 0 saturated heterocycles. The SMILES string of the molecule is CCC(=O)Nc1cccc2c1C(=O)c1c(NC(=O)CCl)cccc1C2=O. The third kappa shape index (κ3) is 2.99. The van der Waals surface area contributed by atoms with Crippen LogP contribution in [0.15, 0.2) is 36.4 Å². The van der Waals surface area contributed by atoms with Crippen molar-refractivity contribution in [3.63, 3.8) is 0 Å². The van der Waals surface area contributed by atoms with E-state index in [1.165, 1.54) is 12.1 Å². The number of alkyl halides is 1. The summed E-state index contributed by atoms with van der Waals surface area (Å²) in [6, 6.07) is 9.38. The number of hydrogen-bond acceptors (Lipinski definition) is 4. The largest absolute Gasteiger partial charge is 0.325 e. The number of carbonyl (C=O) groups excluding carboxylic acids is 4. The highest BCUT2D eigenvalue weighted by Gasteiger charge is 2.34. The molecule has 0 aromatic heterocycles. The Balaban J connectivity index is 2.17. The van der Waals surface area contributed by atoms with Gasteiger partial charge in [-0.1, -0.05) is 31.2 Å². The average Bonchev–Trinajstić information content (AvgIpc) is 2.65. The fourth-order valence-electron chi connectivity index (χ4n) is 2.87. The Hall–Kier alpha value is -2.99. The zero-order chi connectivity index (χ0) is 18.8. The van der Waals surface area contributed by atoms with Gasteiger partial charge in [-0.2, -0.15) is 0 Å². The Morgan fingerprint density at radius 3 is 1.81 bits per heavy atom. The minimum absolute atomic E-state index is 0.0988. The molecule has 0 aliphatic heterocycles. The molecular formula is C19H15ClN2O4. The molecule has 2 N–H and O–H groups in total. The van der Waals surface area contributed by atoms with Crippen LogP contribution >= 0.6 is 11.6 Å². The lowest BCUT2D eigenvalue weighted by Gasteiger charge is -2.22. The van der Waals surface area contributed by atoms with Gasteiger partial charge in [0.25, 0.3) is 0 Å². The van der Waals surface area contributed by atoms with Gasteiger partial charge in [-0.15, -0.1) is 11.6 Å². The molecule has 0 radical (unpaired) electrons. The topological polar surface area (TPSA) is 92.3 Å². The minimum atomic E-state index is -0.487. The highest BCUT2D eigenvalue weighted by molar-refractivity contribution is 6.33. The summed E-state index contributed by atoms with van der Waals surface area (Å²) >= 11 is 5.52. The van der Waals surface area contributed by atoms with Crippen molar-refractivity contribution in [3.8, 4) is 0 Å². The number of rotatable bonds is 4. The highest BCUT2D eigenvalue weighted by Crippen LogP contribution is 2.35. The zero-order valence-corrected chi connectivity index (χ0v) is 14.6. The van der Waals surface area contributed by atoms with E-state index in [0.717, 1.165) is 0 Å². The summed E-state index contributed by atoms with van der Waals surface area (Å²) in [4.78, 5) is 49.4. The normalized spacial score (nSPS) is 12.2. The average molecular weight is 371 g/mol. The fraction of sp³-hybridized carbons (Fsp3) is 0.158. The van der Waals surface area contributed by atoms with Gasteiger partial charge >= 0.3 is 0 Å². The first kappa shape index (κ1) is 17.8. The molecule has 0 heterocycles. The molecule has 0 spiro atoms. The summed E-state index contributed by atoms with van der Waals surface area (Å²) in [7, 11) is 0. The van der Waals surface area contributed by atoms with Crippen molar-refractivity contribution in [1.29, 1.82) is 0 Å². The Morgan fingerprint density at radius 2 is 1.35 bits per heavy atom. The number of nitrogens with one attached hydrogen (secondary N) is 2. The van der Waals surface area contributed by atoms with Gasteiger partial charge in [-0.25, -0.2) is 0 Å². The van der Waals surface area contributed by atoms with Crippen molar-refractivity contribution in [2.75, 3.05) is 16.5 Å². The number of carbonyl (C=O) groups is 4. The summed E-state index contributed by atoms with van der Waals surface area (Å²) in [5, 5.41) is 5.19. The maximum absolute atomic E-state index is 13.1. The van der Waals surface area contributed by atoms with Crippen LogP contribution in [0.3, 0.4) is 0 Å². The molecule has 0 unspecified atom stereocenters. The van der Waals surface area contributed by atoms with Crippen LogP contribution in [0.4, 0.5) is 11.4 Å². The van der Waals surface area contributed by atoms with Crippen LogP contribution in [-0.2, 0) is 9.59 Å². The molecule has 132 valence electrons. The maximum Gasteiger partial charge on any atom is 0.239 e. The Morgan fingerprint density at radius 1 is 0.846 bits per heavy atom. The van der Waals surface area contributed by atoms with Crippen LogP contribution in [0.2, 0.25) is 0 Å². The first-order valence-corrected chi connectivity index (χ1v) is 8.52. The van der Waals surface area contributed by atoms with E-state index in [1.54, 1.807) is 31.2 Å². The number of hydrogen-bond donors (Lipinski definition) is 2. The molecule has 0 bridgehead atoms. The molecule has 0 saturated carbocycles. The van der Waals surface area contributed by atoms with Crippen LogP contribution in [0.25, 0.3) is 0 Å². The molecule has 2 amide bonds. The number of anilines is 2. The second kappa shape index (κ2) is 7.09. The van der Waals surface area contributed by atoms with Crippen molar-refractivity contribution in [2.45, 2.75) is 13.3 Å². The summed E-state index contributed by atoms with van der Waals surface area (Å²) in [6.07, 6.45) is 0.236. The van der Waals surface area contributed by atoms with Crippen LogP contribution in [-0.4, -0.2) is 29.3 Å². The Labute approximate surface area is 154 Å². The van der Waals surface area contributed by atoms with Gasteiger partial charge in [-0.3, -0.25) is 19.2 Å². The van der Waals surface area contributed by atoms with E-state index in [1.807, 2.05) is 0 Å². The van der Waals surface area contributed by atoms with E-state index >= 15 is 0 Å². The zero-order valence-electron chi connectivity index (χ0n) is 13.9. The fourth-order valence-corrected chi connectivity index (χ4v) is 2.94. The quantitative estimate of drug-likeness (QED) is 0.690. The van der Waals surface area contributed by atoms with Gasteiger partial charge in [0.05, 0.1) is 22.5 Å². The third-order valence-corrected chi connectivity index (χ3v) is 4.31. The number of fused-ring (bicyclic) bond motifs is 2. The second-order valence-corrected chi connectivity index (χ2v) is 5.97. The van der Waals surface area contributed by atoms with Crippen molar-refractivity contribution >= 4 is 46.4 Å². The molecule has 1 aliphatic rings. The second-order valence-electron chi connectivity index (χ2n) is 5.70. The third-order valence-electron chi connectivity index (χ3n) is 4.06. The predicted octanol–water partition coefficient (Wildman–Crippen LogP) is 2.99. The first-order chi connectivity index (χ1) is 12.5. The van der Waals surface area contributed by atoms with Crippen LogP contribution in [0.5, 0.6) is 0 Å². The lowest BCUT2D eigenvalue weighted by atomic mass is 9.82. The molecule has 2 aromatic carbocycles. The van der Waals surface area contributed by atoms with E-state index in [-0.39, 0.29) is 57.6 Å². The molecule has 1 aliphatic carbocycles. The van der Waals surface area contributed by atoms with E-state index in [4.69, 9.17) is 11.6 Å². The standard InChI is InChI=1S/C19H15ClN2O4/c1-2-14(23)21-12-7-3-5-10-16(12)19(26)17-11(18(10)25)6-4-8-13(17)22-15(24)9-20/h3-8H,2,9H2,1H3,(H,21,23)(H,22,24). The Bertz CT molecular complexity index is 879. The molecule has 3 rings (SSSR count). The summed E-state index contributed by atoms with van der Waals surface area (Å²) in [5.41, 5.74) is 1.14. The van der Waals surface area contributed by atoms with Crippen LogP contribution in [0, 0.1) is 0 Å². The molecule has 0 fully saturated rings. The maximum atomic E-state index is 13.1. The Kier molecular flexibility index (Phi) is 4.86. The molecule has 6 nitrogen and oxygen atoms in total. The molecule has 0 atom stereocenters. The molecular weight excluding hydrogens is 356 g/mol. The number of amides is 2. The minimum Gasteiger partial charge on any atom is -0.325 e. The lowest BCUT2D eigenvalue weighted by Crippen LogP contribution is -2.26. The lowest BCUT2D eigenvalue weighted by molar-refractivity contribution is -0.116. The van der Waals surface area contributed by atoms with Gasteiger partial charge in [0, 0.05) is 17.5 Å². The molecule has 7 heteroatoms. The number of ketones is 2. The summed E-state index contributed by atoms with van der Waals surface area (Å²) < 4.78 is 0. The van der Waals surface area contributed by atoms with Crippen LogP contribution in [0.1, 0.15) is 45.2 Å².